The van der Waals surface area contributed by atoms with E-state index in [1.807, 2.05) is 0 Å². The summed E-state index contributed by atoms with van der Waals surface area (Å²) in [6, 6.07) is 9.83. The second-order valence-corrected chi connectivity index (χ2v) is 6.15. The second-order valence-electron chi connectivity index (χ2n) is 6.15. The number of nitrogens with zero attached hydrogens (tertiary/aromatic N) is 1. The van der Waals surface area contributed by atoms with Crippen LogP contribution < -0.4 is 5.32 Å². The third-order valence-corrected chi connectivity index (χ3v) is 4.31. The molecule has 2 aliphatic rings. The summed E-state index contributed by atoms with van der Waals surface area (Å²) in [6.07, 6.45) is 5.76. The van der Waals surface area contributed by atoms with Gasteiger partial charge in [-0.25, -0.2) is 0 Å². The van der Waals surface area contributed by atoms with Crippen LogP contribution in [0.5, 0.6) is 0 Å². The Labute approximate surface area is 117 Å². The Morgan fingerprint density at radius 1 is 1.11 bits per heavy atom. The minimum Gasteiger partial charge on any atom is -0.313 e. The number of rotatable bonds is 8. The highest BCUT2D eigenvalue weighted by atomic mass is 15.2. The van der Waals surface area contributed by atoms with Crippen LogP contribution in [0.4, 0.5) is 0 Å². The van der Waals surface area contributed by atoms with E-state index in [1.165, 1.54) is 43.4 Å². The van der Waals surface area contributed by atoms with E-state index in [4.69, 9.17) is 0 Å². The van der Waals surface area contributed by atoms with Crippen LogP contribution in [0.15, 0.2) is 24.3 Å². The van der Waals surface area contributed by atoms with Crippen molar-refractivity contribution < 1.29 is 0 Å². The molecule has 0 unspecified atom stereocenters. The van der Waals surface area contributed by atoms with Gasteiger partial charge in [0.05, 0.1) is 0 Å². The molecular weight excluding hydrogens is 232 g/mol. The van der Waals surface area contributed by atoms with Crippen LogP contribution in [0, 0.1) is 5.92 Å². The monoisotopic (exact) mass is 258 g/mol. The van der Waals surface area contributed by atoms with E-state index < -0.39 is 0 Å². The van der Waals surface area contributed by atoms with Crippen LogP contribution >= 0.6 is 0 Å². The van der Waals surface area contributed by atoms with Gasteiger partial charge in [-0.15, -0.1) is 0 Å². The first kappa shape index (κ1) is 13.1. The Balaban J connectivity index is 1.65. The van der Waals surface area contributed by atoms with Crippen molar-refractivity contribution in [1.29, 1.82) is 0 Å². The summed E-state index contributed by atoms with van der Waals surface area (Å²) in [5.74, 6) is 1.00. The van der Waals surface area contributed by atoms with Gasteiger partial charge in [0.15, 0.2) is 0 Å². The molecule has 19 heavy (non-hydrogen) atoms. The first-order valence-corrected chi connectivity index (χ1v) is 7.88. The lowest BCUT2D eigenvalue weighted by molar-refractivity contribution is 0.243. The normalized spacial score (nSPS) is 19.1. The quantitative estimate of drug-likeness (QED) is 0.770. The van der Waals surface area contributed by atoms with Crippen LogP contribution in [-0.4, -0.2) is 24.0 Å². The maximum Gasteiger partial charge on any atom is 0.0240 e. The third kappa shape index (κ3) is 3.80. The molecule has 2 fully saturated rings. The Bertz CT molecular complexity index is 407. The first-order chi connectivity index (χ1) is 9.36. The van der Waals surface area contributed by atoms with Gasteiger partial charge < -0.3 is 5.32 Å². The lowest BCUT2D eigenvalue weighted by atomic mass is 10.1. The number of nitrogens with one attached hydrogen (secondary N) is 1. The van der Waals surface area contributed by atoms with Crippen molar-refractivity contribution in [3.63, 3.8) is 0 Å². The van der Waals surface area contributed by atoms with E-state index in [2.05, 4.69) is 41.4 Å². The fraction of sp³-hybridized carbons (Fsp3) is 0.647. The van der Waals surface area contributed by atoms with Crippen LogP contribution in [0.2, 0.25) is 0 Å². The lowest BCUT2D eigenvalue weighted by Gasteiger charge is -2.23. The maximum atomic E-state index is 3.46. The van der Waals surface area contributed by atoms with Gasteiger partial charge in [0.25, 0.3) is 0 Å². The highest BCUT2D eigenvalue weighted by molar-refractivity contribution is 5.27. The van der Waals surface area contributed by atoms with E-state index >= 15 is 0 Å². The number of benzene rings is 1. The van der Waals surface area contributed by atoms with Crippen LogP contribution in [0.25, 0.3) is 0 Å². The molecule has 0 radical (unpaired) electrons. The predicted molar refractivity (Wildman–Crippen MR) is 80.0 cm³/mol. The minimum absolute atomic E-state index is 0.882. The van der Waals surface area contributed by atoms with E-state index in [9.17, 15) is 0 Å². The summed E-state index contributed by atoms with van der Waals surface area (Å²) in [6.45, 7) is 6.71. The summed E-state index contributed by atoms with van der Waals surface area (Å²) in [4.78, 5) is 2.74. The molecule has 0 atom stereocenters. The zero-order chi connectivity index (χ0) is 13.1. The molecule has 104 valence electrons. The zero-order valence-corrected chi connectivity index (χ0v) is 12.1. The molecule has 1 aromatic carbocycles. The molecule has 2 saturated carbocycles. The molecule has 3 rings (SSSR count). The van der Waals surface area contributed by atoms with Gasteiger partial charge in [-0.3, -0.25) is 4.90 Å². The average molecular weight is 258 g/mol. The Morgan fingerprint density at radius 3 is 2.47 bits per heavy atom. The molecule has 0 heterocycles. The standard InChI is InChI=1S/C17H26N2/c1-2-18-11-15-5-3-4-6-16(15)13-19(17-9-10-17)12-14-7-8-14/h3-6,14,17-18H,2,7-13H2,1H3. The topological polar surface area (TPSA) is 15.3 Å². The molecule has 2 heteroatoms. The van der Waals surface area contributed by atoms with E-state index in [1.54, 1.807) is 0 Å². The summed E-state index contributed by atoms with van der Waals surface area (Å²) < 4.78 is 0. The molecule has 0 saturated heterocycles. The molecule has 2 nitrogen and oxygen atoms in total. The summed E-state index contributed by atoms with van der Waals surface area (Å²) in [5, 5.41) is 3.46. The summed E-state index contributed by atoms with van der Waals surface area (Å²) in [5.41, 5.74) is 3.00. The smallest absolute Gasteiger partial charge is 0.0240 e. The first-order valence-electron chi connectivity index (χ1n) is 7.88. The Hall–Kier alpha value is -0.860. The fourth-order valence-corrected chi connectivity index (χ4v) is 2.78. The highest BCUT2D eigenvalue weighted by Crippen LogP contribution is 2.35. The summed E-state index contributed by atoms with van der Waals surface area (Å²) in [7, 11) is 0. The van der Waals surface area contributed by atoms with E-state index in [0.29, 0.717) is 0 Å². The Morgan fingerprint density at radius 2 is 1.84 bits per heavy atom. The number of hydrogen-bond donors (Lipinski definition) is 1. The molecule has 0 aliphatic heterocycles. The van der Waals surface area contributed by atoms with E-state index in [-0.39, 0.29) is 0 Å². The lowest BCUT2D eigenvalue weighted by Crippen LogP contribution is -2.28. The minimum atomic E-state index is 0.882. The van der Waals surface area contributed by atoms with Crippen molar-refractivity contribution in [2.24, 2.45) is 5.92 Å². The molecule has 0 spiro atoms. The Kier molecular flexibility index (Phi) is 4.19. The van der Waals surface area contributed by atoms with Gasteiger partial charge in [0, 0.05) is 25.7 Å². The third-order valence-electron chi connectivity index (χ3n) is 4.31. The van der Waals surface area contributed by atoms with Crippen molar-refractivity contribution in [2.75, 3.05) is 13.1 Å². The van der Waals surface area contributed by atoms with Gasteiger partial charge in [-0.05, 0) is 49.3 Å². The maximum absolute atomic E-state index is 3.46. The fourth-order valence-electron chi connectivity index (χ4n) is 2.78. The molecule has 0 bridgehead atoms. The molecule has 2 aliphatic carbocycles. The highest BCUT2D eigenvalue weighted by Gasteiger charge is 2.33. The molecule has 1 N–H and O–H groups in total. The molecular formula is C17H26N2. The van der Waals surface area contributed by atoms with Gasteiger partial charge >= 0.3 is 0 Å². The van der Waals surface area contributed by atoms with Crippen LogP contribution in [0.1, 0.15) is 43.7 Å². The largest absolute Gasteiger partial charge is 0.313 e. The van der Waals surface area contributed by atoms with Crippen molar-refractivity contribution in [3.8, 4) is 0 Å². The predicted octanol–water partition coefficient (Wildman–Crippen LogP) is 3.17. The van der Waals surface area contributed by atoms with Gasteiger partial charge in [0.1, 0.15) is 0 Å². The van der Waals surface area contributed by atoms with Gasteiger partial charge in [-0.1, -0.05) is 31.2 Å². The average Bonchev–Trinajstić information content (AvgIpc) is 3.28. The second kappa shape index (κ2) is 6.06. The van der Waals surface area contributed by atoms with Crippen molar-refractivity contribution in [3.05, 3.63) is 35.4 Å². The van der Waals surface area contributed by atoms with Crippen LogP contribution in [0.3, 0.4) is 0 Å². The number of hydrogen-bond acceptors (Lipinski definition) is 2. The van der Waals surface area contributed by atoms with Crippen molar-refractivity contribution >= 4 is 0 Å². The van der Waals surface area contributed by atoms with Gasteiger partial charge in [-0.2, -0.15) is 0 Å². The summed E-state index contributed by atoms with van der Waals surface area (Å²) >= 11 is 0. The van der Waals surface area contributed by atoms with Crippen LogP contribution in [-0.2, 0) is 13.1 Å². The van der Waals surface area contributed by atoms with Crippen molar-refractivity contribution in [1.82, 2.24) is 10.2 Å². The van der Waals surface area contributed by atoms with E-state index in [0.717, 1.165) is 31.6 Å². The van der Waals surface area contributed by atoms with Crippen molar-refractivity contribution in [2.45, 2.75) is 51.7 Å². The van der Waals surface area contributed by atoms with Gasteiger partial charge in [0.2, 0.25) is 0 Å². The SMILES string of the molecule is CCNCc1ccccc1CN(CC1CC1)C1CC1. The zero-order valence-electron chi connectivity index (χ0n) is 12.1. The molecule has 0 amide bonds. The molecule has 1 aromatic rings. The molecule has 0 aromatic heterocycles.